The fraction of sp³-hybridized carbons (Fsp3) is 1.00. The quantitative estimate of drug-likeness (QED) is 0.579. The van der Waals surface area contributed by atoms with Crippen LogP contribution in [0.25, 0.3) is 0 Å². The zero-order chi connectivity index (χ0) is 6.91. The molecular formula is C6H13F2N. The minimum atomic E-state index is -2.44. The molecule has 56 valence electrons. The summed E-state index contributed by atoms with van der Waals surface area (Å²) in [7, 11) is 0. The van der Waals surface area contributed by atoms with Crippen LogP contribution in [0, 0.1) is 0 Å². The van der Waals surface area contributed by atoms with E-state index in [2.05, 4.69) is 5.32 Å². The van der Waals surface area contributed by atoms with Crippen molar-refractivity contribution in [3.8, 4) is 0 Å². The van der Waals surface area contributed by atoms with Crippen LogP contribution in [0.3, 0.4) is 0 Å². The lowest BCUT2D eigenvalue weighted by Crippen LogP contribution is -2.21. The van der Waals surface area contributed by atoms with Gasteiger partial charge in [0.1, 0.15) is 0 Å². The topological polar surface area (TPSA) is 12.0 Å². The molecule has 1 nitrogen and oxygen atoms in total. The van der Waals surface area contributed by atoms with Gasteiger partial charge in [0.15, 0.2) is 0 Å². The van der Waals surface area contributed by atoms with Gasteiger partial charge in [0.2, 0.25) is 0 Å². The van der Waals surface area contributed by atoms with Gasteiger partial charge < -0.3 is 5.32 Å². The van der Waals surface area contributed by atoms with E-state index < -0.39 is 5.92 Å². The van der Waals surface area contributed by atoms with Gasteiger partial charge in [0, 0.05) is 13.9 Å². The largest absolute Gasteiger partial charge is 0.308 e. The molecular weight excluding hydrogens is 124 g/mol. The summed E-state index contributed by atoms with van der Waals surface area (Å²) in [5.74, 6) is -2.44. The first-order valence-corrected chi connectivity index (χ1v) is 3.25. The van der Waals surface area contributed by atoms with Crippen molar-refractivity contribution < 1.29 is 10.2 Å². The van der Waals surface area contributed by atoms with Crippen molar-refractivity contribution in [2.24, 2.45) is 0 Å². The van der Waals surface area contributed by atoms with Crippen LogP contribution in [0.4, 0.5) is 8.78 Å². The zero-order valence-electron chi connectivity index (χ0n) is 5.45. The van der Waals surface area contributed by atoms with Gasteiger partial charge in [-0.3, -0.25) is 0 Å². The minimum Gasteiger partial charge on any atom is -0.308 e. The van der Waals surface area contributed by atoms with Crippen LogP contribution in [0.5, 0.6) is 0 Å². The molecule has 0 aromatic carbocycles. The summed E-state index contributed by atoms with van der Waals surface area (Å²) in [6.45, 7) is 1.78. The SMILES string of the molecule is CC[C@@H]1CC(F)(F)CN1.[HH]. The van der Waals surface area contributed by atoms with Crippen molar-refractivity contribution in [1.29, 1.82) is 0 Å². The van der Waals surface area contributed by atoms with Crippen LogP contribution in [-0.2, 0) is 0 Å². The highest BCUT2D eigenvalue weighted by Crippen LogP contribution is 2.25. The lowest BCUT2D eigenvalue weighted by atomic mass is 10.1. The molecule has 0 saturated carbocycles. The normalized spacial score (nSPS) is 33.0. The third kappa shape index (κ3) is 1.61. The molecule has 1 fully saturated rings. The van der Waals surface area contributed by atoms with Crippen molar-refractivity contribution >= 4 is 0 Å². The summed E-state index contributed by atoms with van der Waals surface area (Å²) in [6, 6.07) is 0.0417. The van der Waals surface area contributed by atoms with E-state index in [9.17, 15) is 8.78 Å². The monoisotopic (exact) mass is 137 g/mol. The van der Waals surface area contributed by atoms with E-state index in [1.165, 1.54) is 0 Å². The van der Waals surface area contributed by atoms with Crippen molar-refractivity contribution in [2.45, 2.75) is 31.7 Å². The van der Waals surface area contributed by atoms with E-state index in [-0.39, 0.29) is 20.4 Å². The zero-order valence-corrected chi connectivity index (χ0v) is 5.45. The molecule has 1 saturated heterocycles. The van der Waals surface area contributed by atoms with E-state index >= 15 is 0 Å². The second-order valence-corrected chi connectivity index (χ2v) is 2.55. The van der Waals surface area contributed by atoms with Crippen LogP contribution < -0.4 is 5.32 Å². The van der Waals surface area contributed by atoms with Gasteiger partial charge in [-0.1, -0.05) is 6.92 Å². The van der Waals surface area contributed by atoms with E-state index in [1.54, 1.807) is 0 Å². The Morgan fingerprint density at radius 2 is 2.44 bits per heavy atom. The predicted molar refractivity (Wildman–Crippen MR) is 33.8 cm³/mol. The first kappa shape index (κ1) is 6.93. The number of nitrogens with one attached hydrogen (secondary N) is 1. The molecule has 3 heteroatoms. The van der Waals surface area contributed by atoms with Gasteiger partial charge in [0.25, 0.3) is 5.92 Å². The standard InChI is InChI=1S/C6H11F2N.H2/c1-2-5-3-6(7,8)4-9-5;/h5,9H,2-4H2,1H3;1H/t5-;/m1./s1. The average molecular weight is 137 g/mol. The first-order chi connectivity index (χ1) is 4.14. The smallest absolute Gasteiger partial charge is 0.261 e. The fourth-order valence-electron chi connectivity index (χ4n) is 1.09. The van der Waals surface area contributed by atoms with Gasteiger partial charge in [-0.2, -0.15) is 0 Å². The van der Waals surface area contributed by atoms with Crippen molar-refractivity contribution in [2.75, 3.05) is 6.54 Å². The lowest BCUT2D eigenvalue weighted by Gasteiger charge is -2.05. The van der Waals surface area contributed by atoms with Gasteiger partial charge in [-0.25, -0.2) is 8.78 Å². The maximum atomic E-state index is 12.3. The van der Waals surface area contributed by atoms with Gasteiger partial charge in [0.05, 0.1) is 6.54 Å². The summed E-state index contributed by atoms with van der Waals surface area (Å²) >= 11 is 0. The van der Waals surface area contributed by atoms with Crippen LogP contribution in [0.1, 0.15) is 21.2 Å². The highest BCUT2D eigenvalue weighted by Gasteiger charge is 2.37. The number of alkyl halides is 2. The molecule has 1 heterocycles. The van der Waals surface area contributed by atoms with Crippen molar-refractivity contribution in [3.63, 3.8) is 0 Å². The van der Waals surface area contributed by atoms with E-state index in [0.29, 0.717) is 0 Å². The number of rotatable bonds is 1. The van der Waals surface area contributed by atoms with Gasteiger partial charge in [-0.15, -0.1) is 0 Å². The Morgan fingerprint density at radius 3 is 2.67 bits per heavy atom. The molecule has 0 aromatic heterocycles. The van der Waals surface area contributed by atoms with E-state index in [1.807, 2.05) is 6.92 Å². The van der Waals surface area contributed by atoms with Crippen LogP contribution in [-0.4, -0.2) is 18.5 Å². The summed E-state index contributed by atoms with van der Waals surface area (Å²) in [5.41, 5.74) is 0. The Balaban J connectivity index is 0.000000810. The molecule has 0 amide bonds. The van der Waals surface area contributed by atoms with Crippen molar-refractivity contribution in [1.82, 2.24) is 5.32 Å². The van der Waals surface area contributed by atoms with Crippen LogP contribution in [0.2, 0.25) is 0 Å². The third-order valence-corrected chi connectivity index (χ3v) is 1.69. The molecule has 0 aromatic rings. The highest BCUT2D eigenvalue weighted by molar-refractivity contribution is 4.85. The first-order valence-electron chi connectivity index (χ1n) is 3.25. The molecule has 0 aliphatic carbocycles. The van der Waals surface area contributed by atoms with E-state index in [0.717, 1.165) is 6.42 Å². The summed E-state index contributed by atoms with van der Waals surface area (Å²) in [6.07, 6.45) is 0.819. The maximum Gasteiger partial charge on any atom is 0.261 e. The molecule has 1 rings (SSSR count). The van der Waals surface area contributed by atoms with Gasteiger partial charge in [-0.05, 0) is 6.42 Å². The van der Waals surface area contributed by atoms with Crippen LogP contribution >= 0.6 is 0 Å². The van der Waals surface area contributed by atoms with Crippen molar-refractivity contribution in [3.05, 3.63) is 0 Å². The maximum absolute atomic E-state index is 12.3. The fourth-order valence-corrected chi connectivity index (χ4v) is 1.09. The molecule has 0 unspecified atom stereocenters. The predicted octanol–water partition coefficient (Wildman–Crippen LogP) is 1.64. The Kier molecular flexibility index (Phi) is 1.70. The molecule has 0 radical (unpaired) electrons. The second-order valence-electron chi connectivity index (χ2n) is 2.55. The number of halogens is 2. The Hall–Kier alpha value is -0.180. The molecule has 1 aliphatic heterocycles. The Labute approximate surface area is 54.9 Å². The molecule has 1 N–H and O–H groups in total. The minimum absolute atomic E-state index is 0. The number of hydrogen-bond donors (Lipinski definition) is 1. The lowest BCUT2D eigenvalue weighted by molar-refractivity contribution is 0.0210. The summed E-state index contributed by atoms with van der Waals surface area (Å²) in [5, 5.41) is 2.75. The van der Waals surface area contributed by atoms with E-state index in [4.69, 9.17) is 0 Å². The van der Waals surface area contributed by atoms with Crippen LogP contribution in [0.15, 0.2) is 0 Å². The summed E-state index contributed by atoms with van der Waals surface area (Å²) < 4.78 is 24.6. The Bertz CT molecular complexity index is 108. The van der Waals surface area contributed by atoms with Gasteiger partial charge >= 0.3 is 0 Å². The average Bonchev–Trinajstić information content (AvgIpc) is 2.10. The number of hydrogen-bond acceptors (Lipinski definition) is 1. The highest BCUT2D eigenvalue weighted by atomic mass is 19.3. The Morgan fingerprint density at radius 1 is 1.78 bits per heavy atom. The molecule has 0 bridgehead atoms. The molecule has 0 spiro atoms. The molecule has 1 atom stereocenters. The summed E-state index contributed by atoms with van der Waals surface area (Å²) in [4.78, 5) is 0. The molecule has 1 aliphatic rings. The third-order valence-electron chi connectivity index (χ3n) is 1.69. The second kappa shape index (κ2) is 2.21. The molecule has 9 heavy (non-hydrogen) atoms.